The number of aryl methyl sites for hydroxylation is 1. The van der Waals surface area contributed by atoms with Gasteiger partial charge in [0.2, 0.25) is 5.88 Å². The van der Waals surface area contributed by atoms with Gasteiger partial charge in [-0.05, 0) is 38.5 Å². The molecule has 0 aliphatic heterocycles. The summed E-state index contributed by atoms with van der Waals surface area (Å²) >= 11 is 0. The highest BCUT2D eigenvalue weighted by molar-refractivity contribution is 5.54. The molecule has 5 nitrogen and oxygen atoms in total. The van der Waals surface area contributed by atoms with Crippen molar-refractivity contribution < 1.29 is 9.47 Å². The molecule has 5 heteroatoms. The van der Waals surface area contributed by atoms with Gasteiger partial charge >= 0.3 is 0 Å². The van der Waals surface area contributed by atoms with Crippen LogP contribution in [0.4, 0.5) is 5.69 Å². The molecule has 0 saturated carbocycles. The summed E-state index contributed by atoms with van der Waals surface area (Å²) in [7, 11) is 1.67. The lowest BCUT2D eigenvalue weighted by atomic mass is 10.2. The van der Waals surface area contributed by atoms with Gasteiger partial charge in [-0.3, -0.25) is 0 Å². The van der Waals surface area contributed by atoms with E-state index in [0.717, 1.165) is 17.0 Å². The van der Waals surface area contributed by atoms with Crippen LogP contribution < -0.4 is 10.5 Å². The van der Waals surface area contributed by atoms with Crippen molar-refractivity contribution in [3.05, 3.63) is 35.5 Å². The maximum Gasteiger partial charge on any atom is 0.241 e. The first kappa shape index (κ1) is 14.4. The molecule has 1 heterocycles. The third-order valence-corrected chi connectivity index (χ3v) is 3.00. The highest BCUT2D eigenvalue weighted by Crippen LogP contribution is 2.32. The van der Waals surface area contributed by atoms with Crippen molar-refractivity contribution in [2.45, 2.75) is 33.4 Å². The van der Waals surface area contributed by atoms with E-state index in [1.165, 1.54) is 0 Å². The highest BCUT2D eigenvalue weighted by Gasteiger charge is 2.16. The Kier molecular flexibility index (Phi) is 4.29. The van der Waals surface area contributed by atoms with Crippen LogP contribution in [0.15, 0.2) is 24.3 Å². The monoisotopic (exact) mass is 275 g/mol. The molecule has 0 bridgehead atoms. The van der Waals surface area contributed by atoms with E-state index in [2.05, 4.69) is 5.10 Å². The van der Waals surface area contributed by atoms with Crippen LogP contribution in [0, 0.1) is 6.92 Å². The largest absolute Gasteiger partial charge is 0.437 e. The number of benzene rings is 1. The maximum absolute atomic E-state index is 6.05. The number of hydrogen-bond donors (Lipinski definition) is 1. The van der Waals surface area contributed by atoms with Crippen molar-refractivity contribution in [3.8, 4) is 11.6 Å². The minimum Gasteiger partial charge on any atom is -0.437 e. The first-order valence-electron chi connectivity index (χ1n) is 6.63. The second-order valence-electron chi connectivity index (χ2n) is 5.03. The average Bonchev–Trinajstić information content (AvgIpc) is 2.68. The van der Waals surface area contributed by atoms with Crippen LogP contribution in [0.5, 0.6) is 11.6 Å². The maximum atomic E-state index is 6.05. The van der Waals surface area contributed by atoms with Gasteiger partial charge in [-0.25, -0.2) is 4.68 Å². The summed E-state index contributed by atoms with van der Waals surface area (Å²) in [6, 6.07) is 7.94. The molecule has 108 valence electrons. The number of hydrogen-bond acceptors (Lipinski definition) is 4. The number of methoxy groups -OCH3 is 1. The topological polar surface area (TPSA) is 62.3 Å². The van der Waals surface area contributed by atoms with E-state index in [9.17, 15) is 0 Å². The van der Waals surface area contributed by atoms with E-state index in [1.54, 1.807) is 11.8 Å². The van der Waals surface area contributed by atoms with Gasteiger partial charge in [0.1, 0.15) is 11.4 Å². The molecule has 2 rings (SSSR count). The Hall–Kier alpha value is -2.01. The zero-order valence-corrected chi connectivity index (χ0v) is 12.4. The van der Waals surface area contributed by atoms with E-state index in [-0.39, 0.29) is 6.04 Å². The number of nitrogen functional groups attached to an aromatic ring is 1. The molecule has 0 atom stereocenters. The third-order valence-electron chi connectivity index (χ3n) is 3.00. The molecule has 0 fully saturated rings. The Morgan fingerprint density at radius 3 is 2.75 bits per heavy atom. The summed E-state index contributed by atoms with van der Waals surface area (Å²) < 4.78 is 12.9. The van der Waals surface area contributed by atoms with Gasteiger partial charge in [0.25, 0.3) is 0 Å². The lowest BCUT2D eigenvalue weighted by Crippen LogP contribution is -2.05. The van der Waals surface area contributed by atoms with Crippen molar-refractivity contribution in [2.75, 3.05) is 12.8 Å². The van der Waals surface area contributed by atoms with E-state index in [1.807, 2.05) is 45.0 Å². The van der Waals surface area contributed by atoms with Crippen LogP contribution in [-0.2, 0) is 11.3 Å². The number of aromatic nitrogens is 2. The minimum absolute atomic E-state index is 0.183. The SMILES string of the molecule is COCc1cccc(Oc2c(N)c(C)nn2C(C)C)c1. The van der Waals surface area contributed by atoms with Crippen molar-refractivity contribution in [1.29, 1.82) is 0 Å². The lowest BCUT2D eigenvalue weighted by molar-refractivity contribution is 0.184. The molecule has 0 radical (unpaired) electrons. The van der Waals surface area contributed by atoms with Crippen LogP contribution >= 0.6 is 0 Å². The fraction of sp³-hybridized carbons (Fsp3) is 0.400. The normalized spacial score (nSPS) is 11.1. The Morgan fingerprint density at radius 2 is 2.10 bits per heavy atom. The van der Waals surface area contributed by atoms with Gasteiger partial charge in [0.05, 0.1) is 18.3 Å². The van der Waals surface area contributed by atoms with E-state index in [4.69, 9.17) is 15.2 Å². The molecule has 20 heavy (non-hydrogen) atoms. The molecule has 1 aromatic heterocycles. The number of ether oxygens (including phenoxy) is 2. The van der Waals surface area contributed by atoms with E-state index in [0.29, 0.717) is 18.2 Å². The zero-order chi connectivity index (χ0) is 14.7. The van der Waals surface area contributed by atoms with Gasteiger partial charge in [0, 0.05) is 7.11 Å². The van der Waals surface area contributed by atoms with Crippen molar-refractivity contribution in [3.63, 3.8) is 0 Å². The number of nitrogens with zero attached hydrogens (tertiary/aromatic N) is 2. The van der Waals surface area contributed by atoms with Crippen LogP contribution in [0.1, 0.15) is 31.1 Å². The molecule has 0 unspecified atom stereocenters. The fourth-order valence-electron chi connectivity index (χ4n) is 1.97. The number of rotatable bonds is 5. The van der Waals surface area contributed by atoms with Crippen molar-refractivity contribution in [2.24, 2.45) is 0 Å². The van der Waals surface area contributed by atoms with E-state index >= 15 is 0 Å². The van der Waals surface area contributed by atoms with Gasteiger partial charge < -0.3 is 15.2 Å². The minimum atomic E-state index is 0.183. The molecule has 0 amide bonds. The second-order valence-corrected chi connectivity index (χ2v) is 5.03. The molecule has 2 aromatic rings. The average molecular weight is 275 g/mol. The molecule has 0 aliphatic rings. The smallest absolute Gasteiger partial charge is 0.241 e. The second kappa shape index (κ2) is 5.96. The van der Waals surface area contributed by atoms with Gasteiger partial charge in [-0.2, -0.15) is 5.10 Å². The van der Waals surface area contributed by atoms with Crippen LogP contribution in [0.2, 0.25) is 0 Å². The van der Waals surface area contributed by atoms with Gasteiger partial charge in [-0.15, -0.1) is 0 Å². The Bertz CT molecular complexity index is 591. The summed E-state index contributed by atoms with van der Waals surface area (Å²) in [5, 5.41) is 4.41. The lowest BCUT2D eigenvalue weighted by Gasteiger charge is -2.13. The highest BCUT2D eigenvalue weighted by atomic mass is 16.5. The predicted octanol–water partition coefficient (Wildman–Crippen LogP) is 3.29. The Labute approximate surface area is 119 Å². The standard InChI is InChI=1S/C15H21N3O2/c1-10(2)18-15(14(16)11(3)17-18)20-13-7-5-6-12(8-13)9-19-4/h5-8,10H,9,16H2,1-4H3. The molecule has 0 aliphatic carbocycles. The van der Waals surface area contributed by atoms with Crippen molar-refractivity contribution >= 4 is 5.69 Å². The Balaban J connectivity index is 2.32. The van der Waals surface area contributed by atoms with Gasteiger partial charge in [0.15, 0.2) is 0 Å². The molecule has 1 aromatic carbocycles. The van der Waals surface area contributed by atoms with Crippen LogP contribution in [0.3, 0.4) is 0 Å². The molecule has 0 saturated heterocycles. The predicted molar refractivity (Wildman–Crippen MR) is 79.0 cm³/mol. The summed E-state index contributed by atoms with van der Waals surface area (Å²) in [5.41, 5.74) is 8.46. The first-order valence-corrected chi connectivity index (χ1v) is 6.63. The summed E-state index contributed by atoms with van der Waals surface area (Å²) in [5.74, 6) is 1.32. The van der Waals surface area contributed by atoms with Gasteiger partial charge in [-0.1, -0.05) is 12.1 Å². The third kappa shape index (κ3) is 2.93. The first-order chi connectivity index (χ1) is 9.52. The quantitative estimate of drug-likeness (QED) is 0.909. The number of nitrogens with two attached hydrogens (primary N) is 1. The molecule has 0 spiro atoms. The van der Waals surface area contributed by atoms with Crippen LogP contribution in [0.25, 0.3) is 0 Å². The summed E-state index contributed by atoms with van der Waals surface area (Å²) in [6.45, 7) is 6.51. The Morgan fingerprint density at radius 1 is 1.35 bits per heavy atom. The van der Waals surface area contributed by atoms with Crippen molar-refractivity contribution in [1.82, 2.24) is 9.78 Å². The molecule has 2 N–H and O–H groups in total. The molecular weight excluding hydrogens is 254 g/mol. The fourth-order valence-corrected chi connectivity index (χ4v) is 1.97. The zero-order valence-electron chi connectivity index (χ0n) is 12.4. The number of anilines is 1. The van der Waals surface area contributed by atoms with E-state index < -0.39 is 0 Å². The van der Waals surface area contributed by atoms with Crippen LogP contribution in [-0.4, -0.2) is 16.9 Å². The summed E-state index contributed by atoms with van der Waals surface area (Å²) in [6.07, 6.45) is 0. The summed E-state index contributed by atoms with van der Waals surface area (Å²) in [4.78, 5) is 0. The molecular formula is C15H21N3O2.